The molecule has 12 aliphatic rings. The van der Waals surface area contributed by atoms with E-state index in [2.05, 4.69) is 195 Å². The molecule has 0 aromatic rings. The van der Waals surface area contributed by atoms with E-state index < -0.39 is 0 Å². The summed E-state index contributed by atoms with van der Waals surface area (Å²) in [5, 5.41) is 0. The van der Waals surface area contributed by atoms with Crippen LogP contribution in [0.5, 0.6) is 17.2 Å². The van der Waals surface area contributed by atoms with Crippen molar-refractivity contribution < 1.29 is 57.1 Å². The fourth-order valence-corrected chi connectivity index (χ4v) is 13.6. The van der Waals surface area contributed by atoms with Crippen LogP contribution < -0.4 is 14.2 Å². The lowest BCUT2D eigenvalue weighted by Gasteiger charge is -2.40. The average molecular weight is 1540 g/mol. The van der Waals surface area contributed by atoms with E-state index in [0.717, 1.165) is 252 Å². The van der Waals surface area contributed by atoms with Crippen molar-refractivity contribution in [2.45, 2.75) is 185 Å². The second-order valence-electron chi connectivity index (χ2n) is 30.0. The number of fused-ring (bicyclic) bond motifs is 4. The summed E-state index contributed by atoms with van der Waals surface area (Å²) in [4.78, 5) is 10.9. The van der Waals surface area contributed by atoms with Crippen molar-refractivity contribution in [2.24, 2.45) is 21.7 Å². The molecule has 13 heteroatoms. The van der Waals surface area contributed by atoms with E-state index in [9.17, 15) is 0 Å². The molecular weight excluding hydrogens is 1410 g/mol. The predicted molar refractivity (Wildman–Crippen MR) is 447 cm³/mol. The van der Waals surface area contributed by atoms with Gasteiger partial charge in [-0.15, -0.1) is 6.42 Å². The summed E-state index contributed by atoms with van der Waals surface area (Å²) in [6, 6.07) is 50.8. The van der Waals surface area contributed by atoms with Gasteiger partial charge in [0.2, 0.25) is 0 Å². The number of halogens is 1. The maximum Gasteiger partial charge on any atom is 0.120 e. The van der Waals surface area contributed by atoms with Crippen LogP contribution in [0.2, 0.25) is 0 Å². The number of aryl methyl sites for hydroxylation is 1. The van der Waals surface area contributed by atoms with Crippen LogP contribution in [0.25, 0.3) is 44.5 Å². The topological polar surface area (TPSA) is 111 Å². The van der Waals surface area contributed by atoms with Gasteiger partial charge in [0.05, 0.1) is 106 Å². The van der Waals surface area contributed by atoms with Crippen molar-refractivity contribution in [3.63, 3.8) is 0 Å². The molecule has 4 heterocycles. The van der Waals surface area contributed by atoms with Gasteiger partial charge in [0.25, 0.3) is 0 Å². The van der Waals surface area contributed by atoms with E-state index >= 15 is 0 Å². The van der Waals surface area contributed by atoms with E-state index in [-0.39, 0.29) is 33.1 Å². The molecule has 0 N–H and O–H groups in total. The van der Waals surface area contributed by atoms with Crippen molar-refractivity contribution in [1.29, 1.82) is 0 Å². The molecule has 4 aliphatic heterocycles. The summed E-state index contributed by atoms with van der Waals surface area (Å²) in [5.74, 6) is 12.3. The Morgan fingerprint density at radius 1 is 0.324 bits per heavy atom. The van der Waals surface area contributed by atoms with Gasteiger partial charge in [-0.05, 0) is 238 Å². The molecule has 4 fully saturated rings. The third-order valence-corrected chi connectivity index (χ3v) is 22.1. The second kappa shape index (κ2) is 47.6. The van der Waals surface area contributed by atoms with Gasteiger partial charge >= 0.3 is 0 Å². The van der Waals surface area contributed by atoms with E-state index in [0.29, 0.717) is 24.0 Å². The minimum atomic E-state index is 0. The van der Waals surface area contributed by atoms with Gasteiger partial charge in [-0.2, -0.15) is 0 Å². The maximum atomic E-state index is 6.08. The Bertz CT molecular complexity index is 3500. The molecule has 12 rings (SSSR count). The first kappa shape index (κ1) is 88.7. The SMILES string of the molecule is C.C.C.C#Cc1ccc2cc(OCCCCCCOCC3(CC)COC3)cc-2cc1.CCC1(COCCCCCCOc2cc3ccc(Br)ccc-3c2)COC1.CCC1(COCCCCCCOc2cc3ccc(C#Cc4ccc5cc(CCCCCCOOCC6(CC)COC6)cc-5cc4)ccc-3c2)COC1. The predicted octanol–water partition coefficient (Wildman–Crippen LogP) is 23.2. The minimum absolute atomic E-state index is 0. The first-order chi connectivity index (χ1) is 51.5. The fraction of sp³-hybridized carbons (Fsp3) is 0.537. The molecule has 0 bridgehead atoms. The molecule has 0 aromatic heterocycles. The number of ether oxygens (including phenoxy) is 10. The Morgan fingerprint density at radius 3 is 0.907 bits per heavy atom. The van der Waals surface area contributed by atoms with Gasteiger partial charge in [0.1, 0.15) is 17.2 Å². The molecule has 0 atom stereocenters. The summed E-state index contributed by atoms with van der Waals surface area (Å²) < 4.78 is 57.9. The Labute approximate surface area is 659 Å². The zero-order valence-corrected chi connectivity index (χ0v) is 65.1. The summed E-state index contributed by atoms with van der Waals surface area (Å²) in [7, 11) is 0. The highest BCUT2D eigenvalue weighted by Gasteiger charge is 2.39. The van der Waals surface area contributed by atoms with Gasteiger partial charge in [-0.3, -0.25) is 0 Å². The van der Waals surface area contributed by atoms with Crippen molar-refractivity contribution in [1.82, 2.24) is 0 Å². The Hall–Kier alpha value is -6.56. The van der Waals surface area contributed by atoms with Gasteiger partial charge < -0.3 is 47.4 Å². The average Bonchev–Trinajstić information content (AvgIpc) is 1.72. The van der Waals surface area contributed by atoms with Crippen LogP contribution >= 0.6 is 15.9 Å². The molecular formula is C95H129BrO12. The zero-order chi connectivity index (χ0) is 73.1. The molecule has 0 saturated carbocycles. The summed E-state index contributed by atoms with van der Waals surface area (Å²) >= 11 is 3.50. The molecule has 588 valence electrons. The lowest BCUT2D eigenvalue weighted by Crippen LogP contribution is -2.45. The summed E-state index contributed by atoms with van der Waals surface area (Å²) in [6.45, 7) is 24.3. The smallest absolute Gasteiger partial charge is 0.120 e. The third-order valence-electron chi connectivity index (χ3n) is 21.6. The first-order valence-corrected chi connectivity index (χ1v) is 40.3. The highest BCUT2D eigenvalue weighted by atomic mass is 79.9. The highest BCUT2D eigenvalue weighted by molar-refractivity contribution is 9.10. The molecule has 0 radical (unpaired) electrons. The van der Waals surface area contributed by atoms with Crippen molar-refractivity contribution in [2.75, 3.05) is 126 Å². The van der Waals surface area contributed by atoms with Crippen molar-refractivity contribution in [3.8, 4) is 85.9 Å². The quantitative estimate of drug-likeness (QED) is 0.0157. The number of hydrogen-bond acceptors (Lipinski definition) is 12. The van der Waals surface area contributed by atoms with Crippen LogP contribution in [0.1, 0.15) is 201 Å². The molecule has 12 nitrogen and oxygen atoms in total. The number of unbranched alkanes of at least 4 members (excludes halogenated alkanes) is 12. The molecule has 0 spiro atoms. The Morgan fingerprint density at radius 2 is 0.602 bits per heavy atom. The van der Waals surface area contributed by atoms with Gasteiger partial charge in [-0.1, -0.05) is 176 Å². The largest absolute Gasteiger partial charge is 0.494 e. The minimum Gasteiger partial charge on any atom is -0.494 e. The van der Waals surface area contributed by atoms with E-state index in [1.807, 2.05) is 12.1 Å². The van der Waals surface area contributed by atoms with Crippen LogP contribution in [-0.2, 0) is 49.4 Å². The number of hydrogen-bond donors (Lipinski definition) is 0. The molecule has 0 unspecified atom stereocenters. The van der Waals surface area contributed by atoms with Crippen LogP contribution in [0.15, 0.2) is 150 Å². The molecule has 8 aliphatic carbocycles. The lowest BCUT2D eigenvalue weighted by molar-refractivity contribution is -0.328. The van der Waals surface area contributed by atoms with Gasteiger partial charge in [-0.25, -0.2) is 9.78 Å². The van der Waals surface area contributed by atoms with E-state index in [4.69, 9.17) is 63.6 Å². The monoisotopic (exact) mass is 1540 g/mol. The van der Waals surface area contributed by atoms with Crippen LogP contribution in [0.3, 0.4) is 0 Å². The lowest BCUT2D eigenvalue weighted by atomic mass is 9.84. The molecule has 108 heavy (non-hydrogen) atoms. The number of terminal acetylenes is 1. The van der Waals surface area contributed by atoms with Crippen LogP contribution in [0, 0.1) is 45.8 Å². The standard InChI is InChI=1S/C46H58O6.C24H30O3.C22H29BrO3.3CH4/c1-3-45(32-48-33-45)31-47-24-10-7-8-11-25-50-44-29-42-22-18-38(19-23-43(42)30-44)15-14-37-16-20-40-27-39(28-41(40)21-17-37)13-9-5-6-12-26-51-52-36-46(4-2)34-49-35-46;1-3-20-9-11-21-15-23(16-22(21)12-10-20)27-14-8-6-5-7-13-25-17-24(4-2)18-26-19-24;1-2-22(16-25-17-22)15-24-11-5-3-4-6-12-26-21-13-18-7-9-20(23)10-8-19(18)14-21;;;/h16-23,27-30H,3-13,24-26,31-36H2,1-2H3;1,9-12,15-16H,4-8,13-14,17-19H2,2H3;7-10,13-14H,2-6,11-12,15-17H2,1H3;3*1H4. The van der Waals surface area contributed by atoms with Crippen LogP contribution in [0.4, 0.5) is 0 Å². The van der Waals surface area contributed by atoms with Gasteiger partial charge in [0.15, 0.2) is 0 Å². The zero-order valence-electron chi connectivity index (χ0n) is 63.5. The third kappa shape index (κ3) is 28.3. The normalized spacial score (nSPS) is 15.3. The second-order valence-corrected chi connectivity index (χ2v) is 30.9. The Kier molecular flexibility index (Phi) is 39.1. The summed E-state index contributed by atoms with van der Waals surface area (Å²) in [5.41, 5.74) is 15.0. The van der Waals surface area contributed by atoms with E-state index in [1.54, 1.807) is 0 Å². The maximum absolute atomic E-state index is 6.08. The number of rotatable bonds is 44. The molecule has 4 saturated heterocycles. The summed E-state index contributed by atoms with van der Waals surface area (Å²) in [6.07, 6.45) is 29.3. The molecule has 0 aromatic carbocycles. The Balaban J connectivity index is 0.000000245. The first-order valence-electron chi connectivity index (χ1n) is 39.5. The molecule has 0 amide bonds. The fourth-order valence-electron chi connectivity index (χ4n) is 13.4. The van der Waals surface area contributed by atoms with E-state index in [1.165, 1.54) is 83.9 Å². The highest BCUT2D eigenvalue weighted by Crippen LogP contribution is 2.37. The van der Waals surface area contributed by atoms with Crippen molar-refractivity contribution in [3.05, 3.63) is 172 Å². The van der Waals surface area contributed by atoms with Crippen LogP contribution in [-0.4, -0.2) is 126 Å². The van der Waals surface area contributed by atoms with Gasteiger partial charge in [0, 0.05) is 62.6 Å². The van der Waals surface area contributed by atoms with Crippen molar-refractivity contribution >= 4 is 15.9 Å².